The zero-order valence-electron chi connectivity index (χ0n) is 10.4. The number of pyridine rings is 1. The molecule has 0 aliphatic heterocycles. The Morgan fingerprint density at radius 2 is 1.81 bits per heavy atom. The third-order valence-electron chi connectivity index (χ3n) is 2.71. The standard InChI is InChI=1S/C13H8Cl2N2O2S2/c14-9-3-1-8-2-5-12(16-10(8)7-9)17-21(18,19)13-6-4-11(15)20-13/h1-7H,(H,16,17). The Bertz CT molecular complexity index is 923. The van der Waals surface area contributed by atoms with E-state index in [1.54, 1.807) is 24.3 Å². The Kier molecular flexibility index (Phi) is 3.79. The number of sulfonamides is 1. The van der Waals surface area contributed by atoms with E-state index in [9.17, 15) is 8.42 Å². The van der Waals surface area contributed by atoms with Crippen LogP contribution >= 0.6 is 34.5 Å². The fourth-order valence-corrected chi connectivity index (χ4v) is 4.43. The van der Waals surface area contributed by atoms with Crippen LogP contribution in [0.1, 0.15) is 0 Å². The summed E-state index contributed by atoms with van der Waals surface area (Å²) in [6.07, 6.45) is 0. The van der Waals surface area contributed by atoms with E-state index in [2.05, 4.69) is 9.71 Å². The van der Waals surface area contributed by atoms with Gasteiger partial charge in [-0.2, -0.15) is 0 Å². The molecule has 8 heteroatoms. The molecule has 108 valence electrons. The number of anilines is 1. The van der Waals surface area contributed by atoms with Crippen LogP contribution in [-0.4, -0.2) is 13.4 Å². The Morgan fingerprint density at radius 3 is 2.52 bits per heavy atom. The average molecular weight is 359 g/mol. The summed E-state index contributed by atoms with van der Waals surface area (Å²) in [6, 6.07) is 11.6. The topological polar surface area (TPSA) is 59.1 Å². The normalized spacial score (nSPS) is 11.7. The largest absolute Gasteiger partial charge is 0.272 e. The molecule has 0 aliphatic carbocycles. The molecule has 0 saturated carbocycles. The quantitative estimate of drug-likeness (QED) is 0.754. The molecule has 0 spiro atoms. The van der Waals surface area contributed by atoms with Gasteiger partial charge in [-0.15, -0.1) is 11.3 Å². The molecule has 21 heavy (non-hydrogen) atoms. The lowest BCUT2D eigenvalue weighted by molar-refractivity contribution is 0.603. The van der Waals surface area contributed by atoms with Crippen molar-refractivity contribution in [2.24, 2.45) is 0 Å². The first kappa shape index (κ1) is 14.6. The number of aromatic nitrogens is 1. The molecule has 1 N–H and O–H groups in total. The van der Waals surface area contributed by atoms with Gasteiger partial charge in [0.05, 0.1) is 9.85 Å². The molecule has 0 bridgehead atoms. The lowest BCUT2D eigenvalue weighted by Gasteiger charge is -2.06. The van der Waals surface area contributed by atoms with Crippen molar-refractivity contribution in [3.63, 3.8) is 0 Å². The van der Waals surface area contributed by atoms with Gasteiger partial charge in [-0.1, -0.05) is 29.3 Å². The second-order valence-corrected chi connectivity index (χ2v) is 8.26. The highest BCUT2D eigenvalue weighted by Gasteiger charge is 2.17. The number of hydrogen-bond donors (Lipinski definition) is 1. The molecule has 0 amide bonds. The maximum absolute atomic E-state index is 12.2. The highest BCUT2D eigenvalue weighted by molar-refractivity contribution is 7.94. The number of benzene rings is 1. The van der Waals surface area contributed by atoms with Gasteiger partial charge in [0.2, 0.25) is 0 Å². The molecular weight excluding hydrogens is 351 g/mol. The minimum atomic E-state index is -3.68. The second-order valence-electron chi connectivity index (χ2n) is 4.20. The van der Waals surface area contributed by atoms with Crippen molar-refractivity contribution in [2.75, 3.05) is 4.72 Å². The van der Waals surface area contributed by atoms with E-state index in [1.165, 1.54) is 12.1 Å². The number of rotatable bonds is 3. The smallest absolute Gasteiger partial charge is 0.263 e. The van der Waals surface area contributed by atoms with Crippen LogP contribution in [0.5, 0.6) is 0 Å². The maximum atomic E-state index is 12.2. The van der Waals surface area contributed by atoms with Crippen LogP contribution in [0.25, 0.3) is 10.9 Å². The summed E-state index contributed by atoms with van der Waals surface area (Å²) >= 11 is 12.7. The third-order valence-corrected chi connectivity index (χ3v) is 6.02. The number of hydrogen-bond acceptors (Lipinski definition) is 4. The molecule has 4 nitrogen and oxygen atoms in total. The molecule has 0 fully saturated rings. The molecule has 0 atom stereocenters. The molecule has 0 saturated heterocycles. The molecule has 3 aromatic rings. The number of nitrogens with one attached hydrogen (secondary N) is 1. The van der Waals surface area contributed by atoms with E-state index < -0.39 is 10.0 Å². The Morgan fingerprint density at radius 1 is 1.05 bits per heavy atom. The summed E-state index contributed by atoms with van der Waals surface area (Å²) in [5.74, 6) is 0.231. The van der Waals surface area contributed by atoms with E-state index in [0.29, 0.717) is 14.9 Å². The number of halogens is 2. The molecule has 2 aromatic heterocycles. The van der Waals surface area contributed by atoms with Gasteiger partial charge in [0, 0.05) is 10.4 Å². The second kappa shape index (κ2) is 5.46. The van der Waals surface area contributed by atoms with Gasteiger partial charge in [0.25, 0.3) is 10.0 Å². The summed E-state index contributed by atoms with van der Waals surface area (Å²) in [5.41, 5.74) is 0.618. The van der Waals surface area contributed by atoms with E-state index in [1.807, 2.05) is 6.07 Å². The maximum Gasteiger partial charge on any atom is 0.272 e. The fourth-order valence-electron chi connectivity index (χ4n) is 1.78. The van der Waals surface area contributed by atoms with Crippen LogP contribution < -0.4 is 4.72 Å². The van der Waals surface area contributed by atoms with Gasteiger partial charge in [-0.25, -0.2) is 13.4 Å². The summed E-state index contributed by atoms with van der Waals surface area (Å²) < 4.78 is 27.4. The monoisotopic (exact) mass is 358 g/mol. The number of nitrogens with zero attached hydrogens (tertiary/aromatic N) is 1. The lowest BCUT2D eigenvalue weighted by Crippen LogP contribution is -2.12. The molecular formula is C13H8Cl2N2O2S2. The zero-order valence-corrected chi connectivity index (χ0v) is 13.5. The first-order valence-electron chi connectivity index (χ1n) is 5.78. The third kappa shape index (κ3) is 3.13. The Balaban J connectivity index is 1.97. The van der Waals surface area contributed by atoms with Crippen molar-refractivity contribution >= 4 is 61.3 Å². The van der Waals surface area contributed by atoms with Crippen LogP contribution in [0.2, 0.25) is 9.36 Å². The van der Waals surface area contributed by atoms with Crippen molar-refractivity contribution in [1.29, 1.82) is 0 Å². The summed E-state index contributed by atoms with van der Waals surface area (Å²) in [4.78, 5) is 4.25. The molecule has 3 rings (SSSR count). The summed E-state index contributed by atoms with van der Waals surface area (Å²) in [6.45, 7) is 0. The molecule has 0 aliphatic rings. The van der Waals surface area contributed by atoms with Crippen molar-refractivity contribution in [1.82, 2.24) is 4.98 Å². The van der Waals surface area contributed by atoms with Gasteiger partial charge in [-0.05, 0) is 36.4 Å². The predicted octanol–water partition coefficient (Wildman–Crippen LogP) is 4.40. The minimum Gasteiger partial charge on any atom is -0.263 e. The summed E-state index contributed by atoms with van der Waals surface area (Å²) in [5, 5.41) is 1.42. The Hall–Kier alpha value is -1.34. The van der Waals surface area contributed by atoms with Crippen molar-refractivity contribution in [2.45, 2.75) is 4.21 Å². The fraction of sp³-hybridized carbons (Fsp3) is 0. The van der Waals surface area contributed by atoms with Gasteiger partial charge in [-0.3, -0.25) is 4.72 Å². The highest BCUT2D eigenvalue weighted by atomic mass is 35.5. The van der Waals surface area contributed by atoms with E-state index in [4.69, 9.17) is 23.2 Å². The van der Waals surface area contributed by atoms with Crippen LogP contribution in [0, 0.1) is 0 Å². The lowest BCUT2D eigenvalue weighted by atomic mass is 10.2. The van der Waals surface area contributed by atoms with Crippen molar-refractivity contribution in [3.8, 4) is 0 Å². The van der Waals surface area contributed by atoms with E-state index in [0.717, 1.165) is 16.7 Å². The molecule has 0 unspecified atom stereocenters. The minimum absolute atomic E-state index is 0.139. The average Bonchev–Trinajstić information content (AvgIpc) is 2.85. The first-order valence-corrected chi connectivity index (χ1v) is 8.84. The Labute approximate surface area is 135 Å². The predicted molar refractivity (Wildman–Crippen MR) is 86.9 cm³/mol. The van der Waals surface area contributed by atoms with Crippen molar-refractivity contribution < 1.29 is 8.42 Å². The van der Waals surface area contributed by atoms with Gasteiger partial charge < -0.3 is 0 Å². The zero-order chi connectivity index (χ0) is 15.0. The molecule has 0 radical (unpaired) electrons. The van der Waals surface area contributed by atoms with E-state index >= 15 is 0 Å². The summed E-state index contributed by atoms with van der Waals surface area (Å²) in [7, 11) is -3.68. The van der Waals surface area contributed by atoms with Gasteiger partial charge in [0.1, 0.15) is 10.0 Å². The SMILES string of the molecule is O=S(=O)(Nc1ccc2ccc(Cl)cc2n1)c1ccc(Cl)s1. The number of fused-ring (bicyclic) bond motifs is 1. The van der Waals surface area contributed by atoms with Gasteiger partial charge >= 0.3 is 0 Å². The molecule has 2 heterocycles. The van der Waals surface area contributed by atoms with Crippen molar-refractivity contribution in [3.05, 3.63) is 51.8 Å². The van der Waals surface area contributed by atoms with E-state index in [-0.39, 0.29) is 10.0 Å². The highest BCUT2D eigenvalue weighted by Crippen LogP contribution is 2.27. The first-order chi connectivity index (χ1) is 9.94. The van der Waals surface area contributed by atoms with Gasteiger partial charge in [0.15, 0.2) is 0 Å². The van der Waals surface area contributed by atoms with Crippen LogP contribution in [0.15, 0.2) is 46.7 Å². The molecule has 1 aromatic carbocycles. The van der Waals surface area contributed by atoms with Crippen LogP contribution in [-0.2, 0) is 10.0 Å². The number of thiophene rings is 1. The van der Waals surface area contributed by atoms with Crippen LogP contribution in [0.4, 0.5) is 5.82 Å². The van der Waals surface area contributed by atoms with Crippen LogP contribution in [0.3, 0.4) is 0 Å².